The van der Waals surface area contributed by atoms with Gasteiger partial charge in [0.25, 0.3) is 0 Å². The monoisotopic (exact) mass is 587 g/mol. The van der Waals surface area contributed by atoms with Gasteiger partial charge in [-0.1, -0.05) is 52.0 Å². The Morgan fingerprint density at radius 1 is 1.12 bits per heavy atom. The van der Waals surface area contributed by atoms with Gasteiger partial charge in [-0.15, -0.1) is 0 Å². The summed E-state index contributed by atoms with van der Waals surface area (Å²) >= 11 is 0. The molecule has 2 aliphatic carbocycles. The fraction of sp³-hybridized carbons (Fsp3) is 0.500. The predicted molar refractivity (Wildman–Crippen MR) is 172 cm³/mol. The van der Waals surface area contributed by atoms with Gasteiger partial charge < -0.3 is 25.0 Å². The minimum Gasteiger partial charge on any atom is -0.491 e. The summed E-state index contributed by atoms with van der Waals surface area (Å²) in [6, 6.07) is 6.98. The van der Waals surface area contributed by atoms with Gasteiger partial charge in [0.1, 0.15) is 18.2 Å². The Morgan fingerprint density at radius 2 is 1.91 bits per heavy atom. The molecule has 0 bridgehead atoms. The molecule has 1 amide bonds. The Kier molecular flexibility index (Phi) is 11.7. The van der Waals surface area contributed by atoms with Crippen LogP contribution in [0.2, 0.25) is 0 Å². The quantitative estimate of drug-likeness (QED) is 0.242. The zero-order chi connectivity index (χ0) is 30.8. The molecule has 7 nitrogen and oxygen atoms in total. The van der Waals surface area contributed by atoms with Crippen molar-refractivity contribution in [2.75, 3.05) is 20.3 Å². The molecule has 4 unspecified atom stereocenters. The molecule has 43 heavy (non-hydrogen) atoms. The van der Waals surface area contributed by atoms with Crippen molar-refractivity contribution in [1.82, 2.24) is 15.5 Å². The maximum Gasteiger partial charge on any atom is 0.337 e. The number of methoxy groups -OCH3 is 1. The van der Waals surface area contributed by atoms with Crippen LogP contribution in [0.25, 0.3) is 0 Å². The topological polar surface area (TPSA) is 79.9 Å². The molecular formula is C36H49N3O4. The van der Waals surface area contributed by atoms with Crippen LogP contribution in [0, 0.1) is 17.8 Å². The second-order valence-corrected chi connectivity index (χ2v) is 11.9. The highest BCUT2D eigenvalue weighted by Gasteiger charge is 2.30. The van der Waals surface area contributed by atoms with E-state index in [-0.39, 0.29) is 23.8 Å². The Bertz CT molecular complexity index is 1270. The summed E-state index contributed by atoms with van der Waals surface area (Å²) < 4.78 is 10.7. The molecule has 4 atom stereocenters. The van der Waals surface area contributed by atoms with Gasteiger partial charge in [-0.2, -0.15) is 0 Å². The molecule has 3 aliphatic rings. The SMILES string of the molecule is CC/C=C(/NC1=CCC(CC(=O)N2CCCC2COc2ccc(C(=O)OC)cc2)C=C1)NC1=C(C(C)CC)C=CCC1C. The Morgan fingerprint density at radius 3 is 2.58 bits per heavy atom. The van der Waals surface area contributed by atoms with Gasteiger partial charge in [-0.05, 0) is 98.3 Å². The smallest absolute Gasteiger partial charge is 0.337 e. The van der Waals surface area contributed by atoms with E-state index in [0.717, 1.165) is 56.6 Å². The predicted octanol–water partition coefficient (Wildman–Crippen LogP) is 7.02. The fourth-order valence-electron chi connectivity index (χ4n) is 5.96. The summed E-state index contributed by atoms with van der Waals surface area (Å²) in [6.07, 6.45) is 19.6. The third-order valence-corrected chi connectivity index (χ3v) is 8.73. The van der Waals surface area contributed by atoms with Crippen molar-refractivity contribution in [3.63, 3.8) is 0 Å². The Labute approximate surface area is 257 Å². The van der Waals surface area contributed by atoms with Crippen molar-refractivity contribution in [1.29, 1.82) is 0 Å². The number of likely N-dealkylation sites (tertiary alicyclic amines) is 1. The molecule has 1 aliphatic heterocycles. The first kappa shape index (κ1) is 32.2. The summed E-state index contributed by atoms with van der Waals surface area (Å²) in [7, 11) is 1.37. The van der Waals surface area contributed by atoms with Crippen LogP contribution in [-0.2, 0) is 9.53 Å². The highest BCUT2D eigenvalue weighted by atomic mass is 16.5. The zero-order valence-electron chi connectivity index (χ0n) is 26.5. The van der Waals surface area contributed by atoms with Crippen molar-refractivity contribution in [2.24, 2.45) is 17.8 Å². The van der Waals surface area contributed by atoms with Gasteiger partial charge in [0.15, 0.2) is 0 Å². The molecule has 0 saturated carbocycles. The van der Waals surface area contributed by atoms with Crippen molar-refractivity contribution < 1.29 is 19.1 Å². The van der Waals surface area contributed by atoms with E-state index >= 15 is 0 Å². The number of ether oxygens (including phenoxy) is 2. The van der Waals surface area contributed by atoms with E-state index in [0.29, 0.717) is 36.2 Å². The van der Waals surface area contributed by atoms with Gasteiger partial charge >= 0.3 is 5.97 Å². The van der Waals surface area contributed by atoms with E-state index in [1.165, 1.54) is 18.4 Å². The van der Waals surface area contributed by atoms with E-state index in [2.05, 4.69) is 74.8 Å². The molecule has 1 fully saturated rings. The lowest BCUT2D eigenvalue weighted by Gasteiger charge is -2.29. The van der Waals surface area contributed by atoms with E-state index < -0.39 is 0 Å². The zero-order valence-corrected chi connectivity index (χ0v) is 26.5. The number of hydrogen-bond acceptors (Lipinski definition) is 6. The molecule has 1 saturated heterocycles. The van der Waals surface area contributed by atoms with Crippen LogP contribution in [0.15, 0.2) is 83.5 Å². The molecule has 1 aromatic rings. The van der Waals surface area contributed by atoms with Gasteiger partial charge in [0, 0.05) is 24.4 Å². The Balaban J connectivity index is 1.29. The van der Waals surface area contributed by atoms with Crippen LogP contribution >= 0.6 is 0 Å². The van der Waals surface area contributed by atoms with E-state index in [1.807, 2.05) is 4.90 Å². The number of carbonyl (C=O) groups excluding carboxylic acids is 2. The minimum absolute atomic E-state index is 0.0626. The summed E-state index contributed by atoms with van der Waals surface area (Å²) in [5, 5.41) is 7.36. The van der Waals surface area contributed by atoms with E-state index in [9.17, 15) is 9.59 Å². The van der Waals surface area contributed by atoms with Crippen molar-refractivity contribution in [2.45, 2.75) is 78.7 Å². The lowest BCUT2D eigenvalue weighted by atomic mass is 9.86. The number of carbonyl (C=O) groups is 2. The normalized spacial score (nSPS) is 22.7. The summed E-state index contributed by atoms with van der Waals surface area (Å²) in [5.41, 5.74) is 4.26. The highest BCUT2D eigenvalue weighted by molar-refractivity contribution is 5.89. The highest BCUT2D eigenvalue weighted by Crippen LogP contribution is 2.30. The first-order valence-corrected chi connectivity index (χ1v) is 16.0. The molecule has 232 valence electrons. The summed E-state index contributed by atoms with van der Waals surface area (Å²) in [4.78, 5) is 27.0. The van der Waals surface area contributed by atoms with Crippen molar-refractivity contribution in [3.8, 4) is 5.75 Å². The largest absolute Gasteiger partial charge is 0.491 e. The van der Waals surface area contributed by atoms with Crippen molar-refractivity contribution >= 4 is 11.9 Å². The van der Waals surface area contributed by atoms with Crippen LogP contribution < -0.4 is 15.4 Å². The number of nitrogens with zero attached hydrogens (tertiary/aromatic N) is 1. The lowest BCUT2D eigenvalue weighted by molar-refractivity contribution is -0.133. The second-order valence-electron chi connectivity index (χ2n) is 11.9. The summed E-state index contributed by atoms with van der Waals surface area (Å²) in [5.74, 6) is 2.66. The van der Waals surface area contributed by atoms with Gasteiger partial charge in [0.2, 0.25) is 5.91 Å². The molecule has 1 aromatic carbocycles. The third kappa shape index (κ3) is 8.65. The number of esters is 1. The van der Waals surface area contributed by atoms with Crippen LogP contribution in [0.4, 0.5) is 0 Å². The first-order chi connectivity index (χ1) is 20.8. The van der Waals surface area contributed by atoms with Crippen LogP contribution in [-0.4, -0.2) is 43.1 Å². The average molecular weight is 588 g/mol. The van der Waals surface area contributed by atoms with Gasteiger partial charge in [-0.25, -0.2) is 4.79 Å². The number of benzene rings is 1. The molecule has 1 heterocycles. The number of amides is 1. The Hall–Kier alpha value is -3.74. The molecule has 4 rings (SSSR count). The number of allylic oxidation sites excluding steroid dienone is 8. The average Bonchev–Trinajstić information content (AvgIpc) is 3.50. The van der Waals surface area contributed by atoms with Gasteiger partial charge in [0.05, 0.1) is 18.7 Å². The molecule has 7 heteroatoms. The van der Waals surface area contributed by atoms with Gasteiger partial charge in [-0.3, -0.25) is 4.79 Å². The number of nitrogens with one attached hydrogen (secondary N) is 2. The van der Waals surface area contributed by atoms with E-state index in [4.69, 9.17) is 9.47 Å². The number of rotatable bonds is 13. The number of hydrogen-bond donors (Lipinski definition) is 2. The minimum atomic E-state index is -0.372. The van der Waals surface area contributed by atoms with Crippen molar-refractivity contribution in [3.05, 3.63) is 89.1 Å². The molecule has 0 radical (unpaired) electrons. The first-order valence-electron chi connectivity index (χ1n) is 16.0. The molecule has 0 aromatic heterocycles. The van der Waals surface area contributed by atoms with E-state index in [1.54, 1.807) is 24.3 Å². The standard InChI is InChI=1S/C36H49N3O4/c1-6-10-33(38-35-26(4)11-8-13-32(35)25(3)7-2)37-29-18-14-27(15-19-29)23-34(40)39-22-9-12-30(39)24-43-31-20-16-28(17-21-31)36(41)42-5/h8,10,13-14,16-21,25-27,30,37-38H,6-7,9,11-12,15,22-24H2,1-5H3/b33-10-. The fourth-order valence-corrected chi connectivity index (χ4v) is 5.96. The van der Waals surface area contributed by atoms with Crippen LogP contribution in [0.1, 0.15) is 83.0 Å². The third-order valence-electron chi connectivity index (χ3n) is 8.73. The maximum absolute atomic E-state index is 13.3. The molecule has 2 N–H and O–H groups in total. The maximum atomic E-state index is 13.3. The lowest BCUT2D eigenvalue weighted by Crippen LogP contribution is -2.39. The van der Waals surface area contributed by atoms with Crippen LogP contribution in [0.3, 0.4) is 0 Å². The second kappa shape index (κ2) is 15.6. The summed E-state index contributed by atoms with van der Waals surface area (Å²) in [6.45, 7) is 10.2. The molecular weight excluding hydrogens is 538 g/mol. The molecule has 0 spiro atoms. The van der Waals surface area contributed by atoms with Crippen LogP contribution in [0.5, 0.6) is 5.75 Å².